The molecule has 0 unspecified atom stereocenters. The van der Waals surface area contributed by atoms with Crippen molar-refractivity contribution in [1.82, 2.24) is 19.9 Å². The Hall–Kier alpha value is -1.79. The van der Waals surface area contributed by atoms with Crippen LogP contribution in [0.15, 0.2) is 18.7 Å². The molecule has 0 amide bonds. The molecule has 94 valence electrons. The molecule has 1 aliphatic rings. The van der Waals surface area contributed by atoms with Crippen LogP contribution in [-0.2, 0) is 0 Å². The Morgan fingerprint density at radius 2 is 1.72 bits per heavy atom. The summed E-state index contributed by atoms with van der Waals surface area (Å²) in [5.41, 5.74) is 1.51. The topological polar surface area (TPSA) is 51.6 Å². The van der Waals surface area contributed by atoms with Crippen molar-refractivity contribution < 1.29 is 13.2 Å². The number of hydrogen-bond donors (Lipinski definition) is 0. The Kier molecular flexibility index (Phi) is 2.42. The Balaban J connectivity index is 1.89. The van der Waals surface area contributed by atoms with E-state index >= 15 is 0 Å². The first kappa shape index (κ1) is 11.3. The molecule has 0 saturated heterocycles. The summed E-state index contributed by atoms with van der Waals surface area (Å²) in [4.78, 5) is 16.1. The van der Waals surface area contributed by atoms with Gasteiger partial charge in [0, 0.05) is 18.3 Å². The lowest BCUT2D eigenvalue weighted by Gasteiger charge is -2.36. The molecule has 0 atom stereocenters. The predicted octanol–water partition coefficient (Wildman–Crippen LogP) is 2.48. The first-order valence-corrected chi connectivity index (χ1v) is 5.54. The number of alkyl halides is 3. The lowest BCUT2D eigenvalue weighted by Crippen LogP contribution is -2.35. The van der Waals surface area contributed by atoms with Gasteiger partial charge in [0.25, 0.3) is 0 Å². The van der Waals surface area contributed by atoms with Gasteiger partial charge in [0.15, 0.2) is 5.65 Å². The van der Waals surface area contributed by atoms with Crippen molar-refractivity contribution in [2.45, 2.75) is 24.9 Å². The largest absolute Gasteiger partial charge is 0.391 e. The first-order valence-electron chi connectivity index (χ1n) is 5.54. The van der Waals surface area contributed by atoms with E-state index in [1.165, 1.54) is 18.7 Å². The van der Waals surface area contributed by atoms with Crippen molar-refractivity contribution in [3.05, 3.63) is 24.4 Å². The summed E-state index contributed by atoms with van der Waals surface area (Å²) in [7, 11) is 0. The van der Waals surface area contributed by atoms with E-state index in [0.29, 0.717) is 16.9 Å². The second-order valence-electron chi connectivity index (χ2n) is 4.39. The fourth-order valence-corrected chi connectivity index (χ4v) is 2.22. The molecule has 2 aromatic rings. The van der Waals surface area contributed by atoms with Crippen LogP contribution < -0.4 is 0 Å². The minimum Gasteiger partial charge on any atom is -0.249 e. The van der Waals surface area contributed by atoms with Crippen LogP contribution >= 0.6 is 0 Å². The average Bonchev–Trinajstić information content (AvgIpc) is 2.25. The number of fused-ring (bicyclic) bond motifs is 1. The van der Waals surface area contributed by atoms with Crippen molar-refractivity contribution in [3.63, 3.8) is 0 Å². The molecule has 4 nitrogen and oxygen atoms in total. The van der Waals surface area contributed by atoms with Gasteiger partial charge in [-0.2, -0.15) is 13.2 Å². The Morgan fingerprint density at radius 3 is 2.44 bits per heavy atom. The van der Waals surface area contributed by atoms with Crippen LogP contribution in [0.2, 0.25) is 0 Å². The number of nitrogens with zero attached hydrogens (tertiary/aromatic N) is 4. The highest BCUT2D eigenvalue weighted by Crippen LogP contribution is 2.49. The second kappa shape index (κ2) is 3.86. The summed E-state index contributed by atoms with van der Waals surface area (Å²) < 4.78 is 37.3. The van der Waals surface area contributed by atoms with Gasteiger partial charge in [-0.05, 0) is 12.8 Å². The van der Waals surface area contributed by atoms with Crippen LogP contribution in [0.4, 0.5) is 13.2 Å². The first-order chi connectivity index (χ1) is 8.55. The van der Waals surface area contributed by atoms with Crippen LogP contribution in [0, 0.1) is 5.92 Å². The van der Waals surface area contributed by atoms with Gasteiger partial charge < -0.3 is 0 Å². The lowest BCUT2D eigenvalue weighted by atomic mass is 9.72. The minimum absolute atomic E-state index is 0.0756. The summed E-state index contributed by atoms with van der Waals surface area (Å²) in [5.74, 6) is -1.41. The summed E-state index contributed by atoms with van der Waals surface area (Å²) in [5, 5.41) is 0. The van der Waals surface area contributed by atoms with Crippen LogP contribution in [0.1, 0.15) is 24.5 Å². The van der Waals surface area contributed by atoms with Gasteiger partial charge in [-0.15, -0.1) is 0 Å². The average molecular weight is 254 g/mol. The third-order valence-electron chi connectivity index (χ3n) is 3.29. The van der Waals surface area contributed by atoms with Crippen LogP contribution in [0.3, 0.4) is 0 Å². The van der Waals surface area contributed by atoms with Gasteiger partial charge in [0.2, 0.25) is 0 Å². The number of halogens is 3. The second-order valence-corrected chi connectivity index (χ2v) is 4.39. The summed E-state index contributed by atoms with van der Waals surface area (Å²) in [6.07, 6.45) is 0.365. The van der Waals surface area contributed by atoms with Gasteiger partial charge >= 0.3 is 6.18 Å². The van der Waals surface area contributed by atoms with Crippen LogP contribution in [0.5, 0.6) is 0 Å². The van der Waals surface area contributed by atoms with Crippen molar-refractivity contribution in [1.29, 1.82) is 0 Å². The maximum atomic E-state index is 12.4. The monoisotopic (exact) mass is 254 g/mol. The molecule has 0 aliphatic heterocycles. The lowest BCUT2D eigenvalue weighted by molar-refractivity contribution is -0.197. The molecule has 1 aliphatic carbocycles. The molecule has 7 heteroatoms. The zero-order valence-electron chi connectivity index (χ0n) is 9.22. The highest BCUT2D eigenvalue weighted by molar-refractivity contribution is 5.72. The smallest absolute Gasteiger partial charge is 0.249 e. The molecule has 1 fully saturated rings. The molecule has 0 spiro atoms. The SMILES string of the molecule is FC(F)(F)C1CC(c2ncnc3nccnc23)C1. The molecule has 3 rings (SSSR count). The summed E-state index contributed by atoms with van der Waals surface area (Å²) in [6, 6.07) is 0. The van der Waals surface area contributed by atoms with E-state index in [4.69, 9.17) is 0 Å². The predicted molar refractivity (Wildman–Crippen MR) is 56.6 cm³/mol. The van der Waals surface area contributed by atoms with E-state index < -0.39 is 12.1 Å². The van der Waals surface area contributed by atoms with Crippen molar-refractivity contribution in [2.75, 3.05) is 0 Å². The van der Waals surface area contributed by atoms with Gasteiger partial charge in [0.1, 0.15) is 11.8 Å². The number of rotatable bonds is 1. The number of hydrogen-bond acceptors (Lipinski definition) is 4. The van der Waals surface area contributed by atoms with E-state index in [1.807, 2.05) is 0 Å². The zero-order valence-corrected chi connectivity index (χ0v) is 9.22. The highest BCUT2D eigenvalue weighted by atomic mass is 19.4. The maximum Gasteiger partial charge on any atom is 0.391 e. The molecule has 2 heterocycles. The minimum atomic E-state index is -4.11. The molecule has 0 radical (unpaired) electrons. The fraction of sp³-hybridized carbons (Fsp3) is 0.455. The molecule has 2 aromatic heterocycles. The molecule has 1 saturated carbocycles. The van der Waals surface area contributed by atoms with E-state index in [9.17, 15) is 13.2 Å². The molecule has 0 aromatic carbocycles. The van der Waals surface area contributed by atoms with E-state index in [0.717, 1.165) is 0 Å². The van der Waals surface area contributed by atoms with Gasteiger partial charge in [-0.25, -0.2) is 19.9 Å². The summed E-state index contributed by atoms with van der Waals surface area (Å²) >= 11 is 0. The van der Waals surface area contributed by atoms with Gasteiger partial charge in [-0.1, -0.05) is 0 Å². The molecular weight excluding hydrogens is 245 g/mol. The molecule has 0 N–H and O–H groups in total. The fourth-order valence-electron chi connectivity index (χ4n) is 2.22. The maximum absolute atomic E-state index is 12.4. The molecule has 0 bridgehead atoms. The summed E-state index contributed by atoms with van der Waals surface area (Å²) in [6.45, 7) is 0. The zero-order chi connectivity index (χ0) is 12.8. The van der Waals surface area contributed by atoms with Crippen molar-refractivity contribution in [2.24, 2.45) is 5.92 Å². The quantitative estimate of drug-likeness (QED) is 0.784. The van der Waals surface area contributed by atoms with Crippen molar-refractivity contribution >= 4 is 11.2 Å². The van der Waals surface area contributed by atoms with Gasteiger partial charge in [-0.3, -0.25) is 0 Å². The van der Waals surface area contributed by atoms with E-state index in [2.05, 4.69) is 19.9 Å². The van der Waals surface area contributed by atoms with E-state index in [-0.39, 0.29) is 18.8 Å². The molecular formula is C11H9F3N4. The molecule has 18 heavy (non-hydrogen) atoms. The Bertz CT molecular complexity index is 573. The Labute approximate surface area is 100 Å². The highest BCUT2D eigenvalue weighted by Gasteiger charge is 2.49. The third-order valence-corrected chi connectivity index (χ3v) is 3.29. The van der Waals surface area contributed by atoms with Crippen molar-refractivity contribution in [3.8, 4) is 0 Å². The van der Waals surface area contributed by atoms with Crippen LogP contribution in [-0.4, -0.2) is 26.1 Å². The normalized spacial score (nSPS) is 23.9. The number of aromatic nitrogens is 4. The van der Waals surface area contributed by atoms with Gasteiger partial charge in [0.05, 0.1) is 11.6 Å². The van der Waals surface area contributed by atoms with Crippen LogP contribution in [0.25, 0.3) is 11.2 Å². The van der Waals surface area contributed by atoms with E-state index in [1.54, 1.807) is 0 Å². The third kappa shape index (κ3) is 1.79. The standard InChI is InChI=1S/C11H9F3N4/c12-11(13,14)7-3-6(4-7)8-9-10(18-5-17-8)16-2-1-15-9/h1-2,5-7H,3-4H2. The Morgan fingerprint density at radius 1 is 1.00 bits per heavy atom.